The Balaban J connectivity index is 1.94. The molecule has 0 amide bonds. The summed E-state index contributed by atoms with van der Waals surface area (Å²) in [5.41, 5.74) is 0.261. The summed E-state index contributed by atoms with van der Waals surface area (Å²) in [6.45, 7) is 14.1. The van der Waals surface area contributed by atoms with Crippen LogP contribution in [-0.2, 0) is 25.3 Å². The first kappa shape index (κ1) is 18.5. The molecule has 7 heteroatoms. The number of hydrogen-bond donors (Lipinski definition) is 0. The van der Waals surface area contributed by atoms with Gasteiger partial charge in [0.15, 0.2) is 6.29 Å². The predicted octanol–water partition coefficient (Wildman–Crippen LogP) is 1.97. The molecule has 2 heterocycles. The zero-order valence-electron chi connectivity index (χ0n) is 15.2. The van der Waals surface area contributed by atoms with Crippen molar-refractivity contribution in [2.45, 2.75) is 72.0 Å². The topological polar surface area (TPSA) is 54.7 Å². The van der Waals surface area contributed by atoms with Gasteiger partial charge in [-0.15, -0.1) is 0 Å². The van der Waals surface area contributed by atoms with E-state index in [1.54, 1.807) is 6.20 Å². The van der Waals surface area contributed by atoms with Crippen LogP contribution in [0, 0.1) is 0 Å². The summed E-state index contributed by atoms with van der Waals surface area (Å²) in [5.74, 6) is 0. The molecule has 130 valence electrons. The average molecular weight is 324 g/mol. The second kappa shape index (κ2) is 7.34. The van der Waals surface area contributed by atoms with Crippen LogP contribution >= 0.6 is 0 Å². The molecule has 2 rings (SSSR count). The van der Waals surface area contributed by atoms with Crippen LogP contribution in [0.5, 0.6) is 0 Å². The van der Waals surface area contributed by atoms with Gasteiger partial charge in [-0.3, -0.25) is 4.68 Å². The number of nitrogens with zero attached hydrogens (tertiary/aromatic N) is 2. The lowest BCUT2D eigenvalue weighted by Gasteiger charge is -2.32. The van der Waals surface area contributed by atoms with E-state index in [1.807, 2.05) is 52.4 Å². The molecule has 0 radical (unpaired) electrons. The normalized spacial score (nSPS) is 19.7. The monoisotopic (exact) mass is 324 g/mol. The summed E-state index contributed by atoms with van der Waals surface area (Å²) in [6, 6.07) is 0. The van der Waals surface area contributed by atoms with Crippen LogP contribution in [0.3, 0.4) is 0 Å². The van der Waals surface area contributed by atoms with E-state index in [2.05, 4.69) is 5.10 Å². The molecule has 1 aromatic heterocycles. The molecule has 1 saturated heterocycles. The van der Waals surface area contributed by atoms with Gasteiger partial charge in [0.2, 0.25) is 0 Å². The van der Waals surface area contributed by atoms with E-state index in [1.165, 1.54) is 0 Å². The zero-order valence-corrected chi connectivity index (χ0v) is 15.2. The molecule has 6 nitrogen and oxygen atoms in total. The quantitative estimate of drug-likeness (QED) is 0.541. The van der Waals surface area contributed by atoms with Gasteiger partial charge in [0.25, 0.3) is 0 Å². The first-order chi connectivity index (χ1) is 10.8. The Bertz CT molecular complexity index is 482. The van der Waals surface area contributed by atoms with E-state index >= 15 is 0 Å². The third-order valence-corrected chi connectivity index (χ3v) is 4.48. The first-order valence-corrected chi connectivity index (χ1v) is 8.40. The van der Waals surface area contributed by atoms with Gasteiger partial charge in [-0.25, -0.2) is 0 Å². The molecule has 0 aliphatic carbocycles. The highest BCUT2D eigenvalue weighted by Gasteiger charge is 2.52. The molecule has 0 saturated carbocycles. The average Bonchev–Trinajstić information content (AvgIpc) is 3.00. The van der Waals surface area contributed by atoms with Gasteiger partial charge in [0.05, 0.1) is 11.2 Å². The van der Waals surface area contributed by atoms with Crippen LogP contribution in [-0.4, -0.2) is 47.6 Å². The molecule has 0 spiro atoms. The molecular formula is C16H29BN2O4. The SMILES string of the molecule is CCOC(CCn1cc(B2OC(C)(C)C(C)(C)O2)cn1)OCC. The van der Waals surface area contributed by atoms with Crippen molar-refractivity contribution in [2.24, 2.45) is 0 Å². The van der Waals surface area contributed by atoms with Crippen molar-refractivity contribution >= 4 is 12.6 Å². The maximum atomic E-state index is 6.04. The Labute approximate surface area is 139 Å². The van der Waals surface area contributed by atoms with Gasteiger partial charge < -0.3 is 18.8 Å². The fourth-order valence-corrected chi connectivity index (χ4v) is 2.43. The van der Waals surface area contributed by atoms with Crippen LogP contribution in [0.15, 0.2) is 12.4 Å². The molecule has 0 aromatic carbocycles. The van der Waals surface area contributed by atoms with Crippen molar-refractivity contribution < 1.29 is 18.8 Å². The Kier molecular flexibility index (Phi) is 5.89. The van der Waals surface area contributed by atoms with E-state index in [-0.39, 0.29) is 24.6 Å². The standard InChI is InChI=1S/C16H29BN2O4/c1-7-20-14(21-8-2)9-10-19-12-13(11-18-19)17-22-15(3,4)16(5,6)23-17/h11-12,14H,7-10H2,1-6H3. The Morgan fingerprint density at radius 3 is 2.22 bits per heavy atom. The maximum Gasteiger partial charge on any atom is 0.498 e. The maximum absolute atomic E-state index is 6.04. The van der Waals surface area contributed by atoms with Crippen LogP contribution in [0.25, 0.3) is 0 Å². The van der Waals surface area contributed by atoms with Gasteiger partial charge in [0, 0.05) is 44.0 Å². The first-order valence-electron chi connectivity index (χ1n) is 8.40. The molecule has 0 N–H and O–H groups in total. The number of ether oxygens (including phenoxy) is 2. The summed E-state index contributed by atoms with van der Waals surface area (Å²) in [7, 11) is -0.372. The smallest absolute Gasteiger partial charge is 0.399 e. The van der Waals surface area contributed by atoms with Crippen molar-refractivity contribution in [3.8, 4) is 0 Å². The summed E-state index contributed by atoms with van der Waals surface area (Å²) >= 11 is 0. The molecule has 1 aliphatic rings. The third kappa shape index (κ3) is 4.35. The molecule has 0 bridgehead atoms. The number of aromatic nitrogens is 2. The fourth-order valence-electron chi connectivity index (χ4n) is 2.43. The van der Waals surface area contributed by atoms with Crippen LogP contribution < -0.4 is 5.46 Å². The van der Waals surface area contributed by atoms with E-state index in [4.69, 9.17) is 18.8 Å². The molecule has 0 unspecified atom stereocenters. The lowest BCUT2D eigenvalue weighted by molar-refractivity contribution is -0.141. The molecule has 1 aromatic rings. The van der Waals surface area contributed by atoms with Crippen molar-refractivity contribution in [2.75, 3.05) is 13.2 Å². The van der Waals surface area contributed by atoms with Crippen molar-refractivity contribution in [1.29, 1.82) is 0 Å². The molecule has 1 aliphatic heterocycles. The highest BCUT2D eigenvalue weighted by atomic mass is 16.7. The lowest BCUT2D eigenvalue weighted by atomic mass is 9.82. The van der Waals surface area contributed by atoms with Gasteiger partial charge in [-0.1, -0.05) is 0 Å². The van der Waals surface area contributed by atoms with E-state index < -0.39 is 0 Å². The minimum Gasteiger partial charge on any atom is -0.399 e. The second-order valence-corrected chi connectivity index (χ2v) is 6.75. The van der Waals surface area contributed by atoms with Gasteiger partial charge in [-0.05, 0) is 41.5 Å². The van der Waals surface area contributed by atoms with Crippen LogP contribution in [0.1, 0.15) is 48.0 Å². The zero-order chi connectivity index (χ0) is 17.1. The second-order valence-electron chi connectivity index (χ2n) is 6.75. The van der Waals surface area contributed by atoms with E-state index in [0.717, 1.165) is 18.4 Å². The molecule has 23 heavy (non-hydrogen) atoms. The number of aryl methyl sites for hydroxylation is 1. The third-order valence-electron chi connectivity index (χ3n) is 4.48. The summed E-state index contributed by atoms with van der Waals surface area (Å²) in [6.07, 6.45) is 4.34. The fraction of sp³-hybridized carbons (Fsp3) is 0.812. The van der Waals surface area contributed by atoms with Gasteiger partial charge in [-0.2, -0.15) is 5.10 Å². The predicted molar refractivity (Wildman–Crippen MR) is 89.6 cm³/mol. The number of hydrogen-bond acceptors (Lipinski definition) is 5. The summed E-state index contributed by atoms with van der Waals surface area (Å²) in [4.78, 5) is 0. The Hall–Kier alpha value is -0.885. The van der Waals surface area contributed by atoms with E-state index in [0.29, 0.717) is 13.2 Å². The minimum absolute atomic E-state index is 0.186. The lowest BCUT2D eigenvalue weighted by Crippen LogP contribution is -2.41. The number of rotatable bonds is 8. The summed E-state index contributed by atoms with van der Waals surface area (Å²) in [5, 5.41) is 4.39. The van der Waals surface area contributed by atoms with Crippen LogP contribution in [0.4, 0.5) is 0 Å². The minimum atomic E-state index is -0.372. The van der Waals surface area contributed by atoms with E-state index in [9.17, 15) is 0 Å². The largest absolute Gasteiger partial charge is 0.498 e. The van der Waals surface area contributed by atoms with Crippen LogP contribution in [0.2, 0.25) is 0 Å². The Morgan fingerprint density at radius 2 is 1.70 bits per heavy atom. The van der Waals surface area contributed by atoms with Crippen molar-refractivity contribution in [3.63, 3.8) is 0 Å². The molecule has 0 atom stereocenters. The van der Waals surface area contributed by atoms with Gasteiger partial charge in [0.1, 0.15) is 0 Å². The van der Waals surface area contributed by atoms with Gasteiger partial charge >= 0.3 is 7.12 Å². The highest BCUT2D eigenvalue weighted by molar-refractivity contribution is 6.61. The molecule has 1 fully saturated rings. The summed E-state index contributed by atoms with van der Waals surface area (Å²) < 4.78 is 25.1. The van der Waals surface area contributed by atoms with Crippen molar-refractivity contribution in [3.05, 3.63) is 12.4 Å². The highest BCUT2D eigenvalue weighted by Crippen LogP contribution is 2.36. The van der Waals surface area contributed by atoms with Crippen molar-refractivity contribution in [1.82, 2.24) is 9.78 Å². The molecular weight excluding hydrogens is 295 g/mol. The Morgan fingerprint density at radius 1 is 1.13 bits per heavy atom.